The van der Waals surface area contributed by atoms with Gasteiger partial charge in [0.25, 0.3) is 0 Å². The topological polar surface area (TPSA) is 34.1 Å². The SMILES string of the molecule is CC(C)(C)c1cccc(CS(=O)(=O)C(C)(C)C)c1. The largest absolute Gasteiger partial charge is 0.228 e. The second-order valence-electron chi connectivity index (χ2n) is 6.82. The second kappa shape index (κ2) is 4.69. The zero-order valence-corrected chi connectivity index (χ0v) is 13.1. The summed E-state index contributed by atoms with van der Waals surface area (Å²) in [5, 5.41) is 0. The molecule has 18 heavy (non-hydrogen) atoms. The average molecular weight is 268 g/mol. The van der Waals surface area contributed by atoms with E-state index in [1.54, 1.807) is 20.8 Å². The van der Waals surface area contributed by atoms with Crippen molar-refractivity contribution >= 4 is 9.84 Å². The van der Waals surface area contributed by atoms with Crippen LogP contribution >= 0.6 is 0 Å². The van der Waals surface area contributed by atoms with Crippen LogP contribution in [0.25, 0.3) is 0 Å². The molecule has 0 spiro atoms. The van der Waals surface area contributed by atoms with Crippen LogP contribution in [-0.2, 0) is 21.0 Å². The minimum atomic E-state index is -3.11. The van der Waals surface area contributed by atoms with Crippen LogP contribution in [0, 0.1) is 0 Å². The van der Waals surface area contributed by atoms with Gasteiger partial charge < -0.3 is 0 Å². The van der Waals surface area contributed by atoms with Crippen molar-refractivity contribution < 1.29 is 8.42 Å². The first-order valence-corrected chi connectivity index (χ1v) is 7.90. The lowest BCUT2D eigenvalue weighted by Crippen LogP contribution is -2.29. The van der Waals surface area contributed by atoms with Crippen molar-refractivity contribution in [1.82, 2.24) is 0 Å². The average Bonchev–Trinajstić information content (AvgIpc) is 2.14. The summed E-state index contributed by atoms with van der Waals surface area (Å²) in [6.07, 6.45) is 0. The van der Waals surface area contributed by atoms with Crippen molar-refractivity contribution in [2.24, 2.45) is 0 Å². The smallest absolute Gasteiger partial charge is 0.159 e. The van der Waals surface area contributed by atoms with Gasteiger partial charge in [0.2, 0.25) is 0 Å². The molecule has 0 atom stereocenters. The predicted molar refractivity (Wildman–Crippen MR) is 77.5 cm³/mol. The second-order valence-corrected chi connectivity index (χ2v) is 9.56. The van der Waals surface area contributed by atoms with Crippen molar-refractivity contribution in [2.45, 2.75) is 57.5 Å². The molecule has 3 heteroatoms. The van der Waals surface area contributed by atoms with Gasteiger partial charge in [0.15, 0.2) is 9.84 Å². The third kappa shape index (κ3) is 3.58. The van der Waals surface area contributed by atoms with Gasteiger partial charge in [-0.05, 0) is 37.3 Å². The monoisotopic (exact) mass is 268 g/mol. The minimum absolute atomic E-state index is 0.0432. The normalized spacial score (nSPS) is 13.7. The van der Waals surface area contributed by atoms with E-state index < -0.39 is 14.6 Å². The van der Waals surface area contributed by atoms with Crippen LogP contribution in [0.3, 0.4) is 0 Å². The van der Waals surface area contributed by atoms with E-state index in [4.69, 9.17) is 0 Å². The Morgan fingerprint density at radius 2 is 1.56 bits per heavy atom. The van der Waals surface area contributed by atoms with Gasteiger partial charge in [-0.1, -0.05) is 45.0 Å². The van der Waals surface area contributed by atoms with E-state index in [1.165, 1.54) is 5.56 Å². The van der Waals surface area contributed by atoms with Gasteiger partial charge in [0.1, 0.15) is 0 Å². The molecule has 0 fully saturated rings. The predicted octanol–water partition coefficient (Wildman–Crippen LogP) is 3.70. The summed E-state index contributed by atoms with van der Waals surface area (Å²) in [6.45, 7) is 11.6. The number of hydrogen-bond donors (Lipinski definition) is 0. The van der Waals surface area contributed by atoms with E-state index in [1.807, 2.05) is 24.3 Å². The fraction of sp³-hybridized carbons (Fsp3) is 0.600. The first kappa shape index (κ1) is 15.2. The highest BCUT2D eigenvalue weighted by molar-refractivity contribution is 7.91. The molecule has 0 aliphatic rings. The van der Waals surface area contributed by atoms with Gasteiger partial charge in [0, 0.05) is 0 Å². The minimum Gasteiger partial charge on any atom is -0.228 e. The molecule has 0 amide bonds. The third-order valence-electron chi connectivity index (χ3n) is 3.08. The fourth-order valence-corrected chi connectivity index (χ4v) is 2.61. The van der Waals surface area contributed by atoms with Gasteiger partial charge in [0.05, 0.1) is 10.5 Å². The molecule has 0 unspecified atom stereocenters. The number of benzene rings is 1. The Kier molecular flexibility index (Phi) is 3.97. The van der Waals surface area contributed by atoms with Crippen molar-refractivity contribution in [3.8, 4) is 0 Å². The Bertz CT molecular complexity index is 514. The lowest BCUT2D eigenvalue weighted by Gasteiger charge is -2.22. The molecule has 1 rings (SSSR count). The molecule has 0 bridgehead atoms. The van der Waals surface area contributed by atoms with Gasteiger partial charge >= 0.3 is 0 Å². The quantitative estimate of drug-likeness (QED) is 0.819. The van der Waals surface area contributed by atoms with Crippen LogP contribution in [0.15, 0.2) is 24.3 Å². The lowest BCUT2D eigenvalue weighted by atomic mass is 9.86. The summed E-state index contributed by atoms with van der Waals surface area (Å²) in [4.78, 5) is 0. The van der Waals surface area contributed by atoms with Crippen molar-refractivity contribution in [2.75, 3.05) is 0 Å². The molecule has 0 N–H and O–H groups in total. The Morgan fingerprint density at radius 3 is 2.00 bits per heavy atom. The summed E-state index contributed by atoms with van der Waals surface area (Å²) in [6, 6.07) is 7.88. The molecule has 0 aliphatic heterocycles. The van der Waals surface area contributed by atoms with Crippen LogP contribution in [0.5, 0.6) is 0 Å². The van der Waals surface area contributed by atoms with E-state index in [2.05, 4.69) is 20.8 Å². The molecule has 0 saturated carbocycles. The highest BCUT2D eigenvalue weighted by Crippen LogP contribution is 2.25. The van der Waals surface area contributed by atoms with Crippen LogP contribution in [0.1, 0.15) is 52.7 Å². The summed E-state index contributed by atoms with van der Waals surface area (Å²) in [5.41, 5.74) is 2.09. The molecule has 2 nitrogen and oxygen atoms in total. The van der Waals surface area contributed by atoms with Crippen molar-refractivity contribution in [3.05, 3.63) is 35.4 Å². The van der Waals surface area contributed by atoms with E-state index >= 15 is 0 Å². The van der Waals surface area contributed by atoms with E-state index in [0.717, 1.165) is 5.56 Å². The number of hydrogen-bond acceptors (Lipinski definition) is 2. The molecule has 0 radical (unpaired) electrons. The van der Waals surface area contributed by atoms with Crippen LogP contribution in [-0.4, -0.2) is 13.2 Å². The highest BCUT2D eigenvalue weighted by atomic mass is 32.2. The van der Waals surface area contributed by atoms with E-state index in [9.17, 15) is 8.42 Å². The molecule has 0 aliphatic carbocycles. The Hall–Kier alpha value is -0.830. The third-order valence-corrected chi connectivity index (χ3v) is 5.66. The molecule has 0 aromatic heterocycles. The van der Waals surface area contributed by atoms with Gasteiger partial charge in [-0.15, -0.1) is 0 Å². The summed E-state index contributed by atoms with van der Waals surface area (Å²) in [5.74, 6) is 0.112. The van der Waals surface area contributed by atoms with Crippen molar-refractivity contribution in [3.63, 3.8) is 0 Å². The Morgan fingerprint density at radius 1 is 1.00 bits per heavy atom. The maximum atomic E-state index is 12.2. The maximum absolute atomic E-state index is 12.2. The first-order chi connectivity index (χ1) is 7.93. The number of rotatable bonds is 2. The first-order valence-electron chi connectivity index (χ1n) is 6.25. The molecule has 0 heterocycles. The number of sulfone groups is 1. The standard InChI is InChI=1S/C15H24O2S/c1-14(2,3)13-9-7-8-12(10-13)11-18(16,17)15(4,5)6/h7-10H,11H2,1-6H3. The molecule has 0 saturated heterocycles. The van der Waals surface area contributed by atoms with E-state index in [0.29, 0.717) is 0 Å². The van der Waals surface area contributed by atoms with Gasteiger partial charge in [-0.3, -0.25) is 0 Å². The zero-order chi connectivity index (χ0) is 14.2. The Balaban J connectivity index is 3.08. The fourth-order valence-electron chi connectivity index (χ4n) is 1.56. The van der Waals surface area contributed by atoms with Crippen molar-refractivity contribution in [1.29, 1.82) is 0 Å². The highest BCUT2D eigenvalue weighted by Gasteiger charge is 2.29. The van der Waals surface area contributed by atoms with E-state index in [-0.39, 0.29) is 11.2 Å². The van der Waals surface area contributed by atoms with Gasteiger partial charge in [-0.2, -0.15) is 0 Å². The molecule has 1 aromatic rings. The summed E-state index contributed by atoms with van der Waals surface area (Å²) >= 11 is 0. The maximum Gasteiger partial charge on any atom is 0.159 e. The molecular formula is C15H24O2S. The summed E-state index contributed by atoms with van der Waals surface area (Å²) in [7, 11) is -3.11. The molecular weight excluding hydrogens is 244 g/mol. The Labute approximate surface area is 111 Å². The molecule has 102 valence electrons. The van der Waals surface area contributed by atoms with Crippen LogP contribution in [0.2, 0.25) is 0 Å². The lowest BCUT2D eigenvalue weighted by molar-refractivity contribution is 0.558. The van der Waals surface area contributed by atoms with Gasteiger partial charge in [-0.25, -0.2) is 8.42 Å². The van der Waals surface area contributed by atoms with Crippen LogP contribution in [0.4, 0.5) is 0 Å². The zero-order valence-electron chi connectivity index (χ0n) is 12.2. The summed E-state index contributed by atoms with van der Waals surface area (Å²) < 4.78 is 23.7. The molecule has 1 aromatic carbocycles. The van der Waals surface area contributed by atoms with Crippen LogP contribution < -0.4 is 0 Å².